The molecule has 134 valence electrons. The molecule has 0 unspecified atom stereocenters. The van der Waals surface area contributed by atoms with Gasteiger partial charge in [-0.1, -0.05) is 24.4 Å². The molecule has 0 spiro atoms. The van der Waals surface area contributed by atoms with E-state index in [0.29, 0.717) is 11.1 Å². The maximum Gasteiger partial charge on any atom is 0.240 e. The molecule has 2 atom stereocenters. The second-order valence-corrected chi connectivity index (χ2v) is 9.02. The van der Waals surface area contributed by atoms with Gasteiger partial charge < -0.3 is 4.90 Å². The standard InChI is InChI=1S/C17H26ClN3O2S/c1-20-10-12-21(13-11-20)17-5-3-2-4-16(17)19-24(22,23)15-8-6-14(18)7-9-15/h6-9,16-17,19H,2-5,10-13H2,1H3/t16-,17+/m1/s1. The van der Waals surface area contributed by atoms with Gasteiger partial charge in [0.25, 0.3) is 0 Å². The van der Waals surface area contributed by atoms with Gasteiger partial charge in [-0.3, -0.25) is 4.90 Å². The van der Waals surface area contributed by atoms with Gasteiger partial charge in [-0.25, -0.2) is 13.1 Å². The molecule has 1 aliphatic heterocycles. The number of hydrogen-bond acceptors (Lipinski definition) is 4. The number of rotatable bonds is 4. The highest BCUT2D eigenvalue weighted by molar-refractivity contribution is 7.89. The summed E-state index contributed by atoms with van der Waals surface area (Å²) in [6.07, 6.45) is 4.23. The van der Waals surface area contributed by atoms with Crippen LogP contribution < -0.4 is 4.72 Å². The van der Waals surface area contributed by atoms with Crippen molar-refractivity contribution in [3.63, 3.8) is 0 Å². The lowest BCUT2D eigenvalue weighted by atomic mass is 9.89. The van der Waals surface area contributed by atoms with Crippen molar-refractivity contribution in [2.45, 2.75) is 42.7 Å². The molecule has 1 saturated heterocycles. The van der Waals surface area contributed by atoms with Crippen LogP contribution in [0.15, 0.2) is 29.2 Å². The van der Waals surface area contributed by atoms with Crippen molar-refractivity contribution < 1.29 is 8.42 Å². The molecule has 2 aliphatic rings. The van der Waals surface area contributed by atoms with Crippen molar-refractivity contribution in [2.24, 2.45) is 0 Å². The van der Waals surface area contributed by atoms with E-state index in [1.807, 2.05) is 0 Å². The second kappa shape index (κ2) is 7.70. The summed E-state index contributed by atoms with van der Waals surface area (Å²) in [4.78, 5) is 5.08. The third kappa shape index (κ3) is 4.29. The average molecular weight is 372 g/mol. The van der Waals surface area contributed by atoms with Gasteiger partial charge in [-0.2, -0.15) is 0 Å². The number of nitrogens with zero attached hydrogens (tertiary/aromatic N) is 2. The zero-order valence-electron chi connectivity index (χ0n) is 14.1. The number of halogens is 1. The van der Waals surface area contributed by atoms with E-state index in [0.717, 1.165) is 45.4 Å². The van der Waals surface area contributed by atoms with Crippen LogP contribution in [0.5, 0.6) is 0 Å². The third-order valence-electron chi connectivity index (χ3n) is 5.17. The van der Waals surface area contributed by atoms with Crippen molar-refractivity contribution in [2.75, 3.05) is 33.2 Å². The summed E-state index contributed by atoms with van der Waals surface area (Å²) in [5.74, 6) is 0. The molecule has 1 N–H and O–H groups in total. The molecule has 0 radical (unpaired) electrons. The summed E-state index contributed by atoms with van der Waals surface area (Å²) >= 11 is 5.86. The Morgan fingerprint density at radius 2 is 1.67 bits per heavy atom. The summed E-state index contributed by atoms with van der Waals surface area (Å²) in [7, 11) is -1.37. The van der Waals surface area contributed by atoms with Gasteiger partial charge in [0.05, 0.1) is 4.90 Å². The fraction of sp³-hybridized carbons (Fsp3) is 0.647. The minimum Gasteiger partial charge on any atom is -0.304 e. The van der Waals surface area contributed by atoms with Crippen LogP contribution in [0.2, 0.25) is 5.02 Å². The van der Waals surface area contributed by atoms with E-state index in [9.17, 15) is 8.42 Å². The van der Waals surface area contributed by atoms with Crippen molar-refractivity contribution in [1.29, 1.82) is 0 Å². The smallest absolute Gasteiger partial charge is 0.240 e. The van der Waals surface area contributed by atoms with Gasteiger partial charge >= 0.3 is 0 Å². The van der Waals surface area contributed by atoms with Crippen LogP contribution in [0.25, 0.3) is 0 Å². The Hall–Kier alpha value is -0.660. The first-order valence-corrected chi connectivity index (χ1v) is 10.5. The molecule has 1 aromatic rings. The van der Waals surface area contributed by atoms with Crippen LogP contribution >= 0.6 is 11.6 Å². The highest BCUT2D eigenvalue weighted by Crippen LogP contribution is 2.26. The van der Waals surface area contributed by atoms with Crippen LogP contribution in [0.4, 0.5) is 0 Å². The Labute approximate surface area is 150 Å². The highest BCUT2D eigenvalue weighted by Gasteiger charge is 2.34. The van der Waals surface area contributed by atoms with E-state index >= 15 is 0 Å². The number of benzene rings is 1. The number of sulfonamides is 1. The quantitative estimate of drug-likeness (QED) is 0.881. The predicted octanol–water partition coefficient (Wildman–Crippen LogP) is 2.18. The zero-order chi connectivity index (χ0) is 17.2. The van der Waals surface area contributed by atoms with Gasteiger partial charge in [0.15, 0.2) is 0 Å². The summed E-state index contributed by atoms with van der Waals surface area (Å²) in [5.41, 5.74) is 0. The van der Waals surface area contributed by atoms with Crippen molar-refractivity contribution in [3.05, 3.63) is 29.3 Å². The van der Waals surface area contributed by atoms with Crippen LogP contribution in [0.3, 0.4) is 0 Å². The molecule has 5 nitrogen and oxygen atoms in total. The van der Waals surface area contributed by atoms with Gasteiger partial charge in [0.1, 0.15) is 0 Å². The van der Waals surface area contributed by atoms with E-state index in [4.69, 9.17) is 11.6 Å². The Balaban J connectivity index is 1.72. The minimum absolute atomic E-state index is 0.0113. The minimum atomic E-state index is -3.50. The SMILES string of the molecule is CN1CCN([C@H]2CCCC[C@H]2NS(=O)(=O)c2ccc(Cl)cc2)CC1. The summed E-state index contributed by atoms with van der Waals surface area (Å²) < 4.78 is 28.4. The fourth-order valence-electron chi connectivity index (χ4n) is 3.72. The molecule has 3 rings (SSSR count). The van der Waals surface area contributed by atoms with E-state index in [2.05, 4.69) is 21.6 Å². The molecule has 0 bridgehead atoms. The number of likely N-dealkylation sites (N-methyl/N-ethyl adjacent to an activating group) is 1. The molecule has 0 amide bonds. The van der Waals surface area contributed by atoms with Gasteiger partial charge in [0, 0.05) is 43.3 Å². The predicted molar refractivity (Wildman–Crippen MR) is 96.9 cm³/mol. The van der Waals surface area contributed by atoms with Crippen LogP contribution in [-0.2, 0) is 10.0 Å². The number of piperazine rings is 1. The van der Waals surface area contributed by atoms with E-state index in [1.54, 1.807) is 24.3 Å². The first-order valence-electron chi connectivity index (χ1n) is 8.66. The fourth-order valence-corrected chi connectivity index (χ4v) is 5.15. The maximum atomic E-state index is 12.7. The summed E-state index contributed by atoms with van der Waals surface area (Å²) in [6.45, 7) is 4.13. The molecule has 24 heavy (non-hydrogen) atoms. The Kier molecular flexibility index (Phi) is 5.82. The molecule has 2 fully saturated rings. The summed E-state index contributed by atoms with van der Waals surface area (Å²) in [5, 5.41) is 0.543. The lowest BCUT2D eigenvalue weighted by Crippen LogP contribution is -2.57. The lowest BCUT2D eigenvalue weighted by Gasteiger charge is -2.43. The van der Waals surface area contributed by atoms with E-state index in [1.165, 1.54) is 6.42 Å². The Bertz CT molecular complexity index is 642. The second-order valence-electron chi connectivity index (χ2n) is 6.87. The van der Waals surface area contributed by atoms with Crippen LogP contribution in [-0.4, -0.2) is 63.5 Å². The maximum absolute atomic E-state index is 12.7. The molecule has 1 aliphatic carbocycles. The molecular formula is C17H26ClN3O2S. The average Bonchev–Trinajstić information content (AvgIpc) is 2.56. The summed E-state index contributed by atoms with van der Waals surface area (Å²) in [6, 6.07) is 6.66. The van der Waals surface area contributed by atoms with Gasteiger partial charge in [-0.15, -0.1) is 0 Å². The Morgan fingerprint density at radius 3 is 2.33 bits per heavy atom. The van der Waals surface area contributed by atoms with Gasteiger partial charge in [-0.05, 0) is 44.2 Å². The molecule has 0 aromatic heterocycles. The van der Waals surface area contributed by atoms with E-state index in [-0.39, 0.29) is 10.9 Å². The first kappa shape index (κ1) is 18.1. The Morgan fingerprint density at radius 1 is 1.04 bits per heavy atom. The van der Waals surface area contributed by atoms with E-state index < -0.39 is 10.0 Å². The van der Waals surface area contributed by atoms with Crippen molar-refractivity contribution >= 4 is 21.6 Å². The zero-order valence-corrected chi connectivity index (χ0v) is 15.7. The lowest BCUT2D eigenvalue weighted by molar-refractivity contribution is 0.0766. The topological polar surface area (TPSA) is 52.6 Å². The molecule has 1 aromatic carbocycles. The molecule has 1 saturated carbocycles. The van der Waals surface area contributed by atoms with Gasteiger partial charge in [0.2, 0.25) is 10.0 Å². The van der Waals surface area contributed by atoms with Crippen LogP contribution in [0.1, 0.15) is 25.7 Å². The first-order chi connectivity index (χ1) is 11.5. The molecule has 1 heterocycles. The van der Waals surface area contributed by atoms with Crippen molar-refractivity contribution in [3.8, 4) is 0 Å². The number of hydrogen-bond donors (Lipinski definition) is 1. The molecular weight excluding hydrogens is 346 g/mol. The van der Waals surface area contributed by atoms with Crippen LogP contribution in [0, 0.1) is 0 Å². The molecule has 7 heteroatoms. The largest absolute Gasteiger partial charge is 0.304 e. The number of nitrogens with one attached hydrogen (secondary N) is 1. The monoisotopic (exact) mass is 371 g/mol. The normalized spacial score (nSPS) is 27.2. The third-order valence-corrected chi connectivity index (χ3v) is 6.92. The van der Waals surface area contributed by atoms with Crippen molar-refractivity contribution in [1.82, 2.24) is 14.5 Å². The highest BCUT2D eigenvalue weighted by atomic mass is 35.5.